The predicted molar refractivity (Wildman–Crippen MR) is 92.0 cm³/mol. The minimum Gasteiger partial charge on any atom is -0.393 e. The fourth-order valence-corrected chi connectivity index (χ4v) is 3.58. The number of benzene rings is 1. The number of aromatic nitrogens is 4. The maximum atomic E-state index is 13.3. The van der Waals surface area contributed by atoms with E-state index in [1.807, 2.05) is 20.8 Å². The number of nitrogens with one attached hydrogen (secondary N) is 1. The number of nitrogens with zero attached hydrogens (tertiary/aromatic N) is 4. The van der Waals surface area contributed by atoms with Gasteiger partial charge in [0.15, 0.2) is 6.04 Å². The van der Waals surface area contributed by atoms with Gasteiger partial charge in [-0.2, -0.15) is 13.2 Å². The van der Waals surface area contributed by atoms with E-state index in [1.165, 1.54) is 12.1 Å². The maximum absolute atomic E-state index is 13.3. The number of aliphatic hydroxyl groups is 1. The van der Waals surface area contributed by atoms with Crippen molar-refractivity contribution in [3.05, 3.63) is 41.2 Å². The molecule has 1 atom stereocenters. The zero-order valence-electron chi connectivity index (χ0n) is 15.7. The third kappa shape index (κ3) is 4.30. The van der Waals surface area contributed by atoms with Gasteiger partial charge in [0.2, 0.25) is 5.82 Å². The van der Waals surface area contributed by atoms with Gasteiger partial charge < -0.3 is 10.0 Å². The van der Waals surface area contributed by atoms with E-state index in [4.69, 9.17) is 0 Å². The molecule has 2 aromatic rings. The second kappa shape index (κ2) is 7.20. The van der Waals surface area contributed by atoms with Crippen molar-refractivity contribution in [2.75, 3.05) is 13.1 Å². The number of aliphatic hydroxyl groups excluding tert-OH is 1. The quantitative estimate of drug-likeness (QED) is 0.843. The van der Waals surface area contributed by atoms with Gasteiger partial charge in [0.25, 0.3) is 0 Å². The first-order valence-corrected chi connectivity index (χ1v) is 9.06. The number of tetrazole rings is 1. The van der Waals surface area contributed by atoms with E-state index in [9.17, 15) is 18.3 Å². The highest BCUT2D eigenvalue weighted by Crippen LogP contribution is 2.32. The van der Waals surface area contributed by atoms with Crippen LogP contribution in [0.1, 0.15) is 56.6 Å². The Labute approximate surface area is 156 Å². The van der Waals surface area contributed by atoms with E-state index in [-0.39, 0.29) is 6.10 Å². The molecule has 0 saturated carbocycles. The lowest BCUT2D eigenvalue weighted by atomic mass is 9.97. The van der Waals surface area contributed by atoms with E-state index in [0.29, 0.717) is 37.3 Å². The lowest BCUT2D eigenvalue weighted by Gasteiger charge is -2.34. The Morgan fingerprint density at radius 3 is 2.44 bits per heavy atom. The molecule has 1 aliphatic heterocycles. The van der Waals surface area contributed by atoms with Gasteiger partial charge in [-0.25, -0.2) is 4.68 Å². The number of alkyl halides is 3. The Kier molecular flexibility index (Phi) is 5.27. The molecule has 0 bridgehead atoms. The zero-order valence-corrected chi connectivity index (χ0v) is 15.7. The summed E-state index contributed by atoms with van der Waals surface area (Å²) in [7, 11) is 0. The minimum atomic E-state index is -4.41. The van der Waals surface area contributed by atoms with Crippen molar-refractivity contribution in [2.24, 2.45) is 0 Å². The number of quaternary nitrogens is 1. The average Bonchev–Trinajstić information content (AvgIpc) is 3.06. The molecule has 1 aromatic heterocycles. The number of hydrogen-bond donors (Lipinski definition) is 2. The SMILES string of the molecule is CC(C)(C)n1nnnc1[C@@H](c1cccc(C(F)(F)F)c1)[NH+]1CCC(O)CC1. The highest BCUT2D eigenvalue weighted by molar-refractivity contribution is 5.30. The Bertz CT molecular complexity index is 776. The van der Waals surface area contributed by atoms with Gasteiger partial charge in [-0.05, 0) is 43.3 Å². The van der Waals surface area contributed by atoms with Crippen molar-refractivity contribution < 1.29 is 23.2 Å². The Balaban J connectivity index is 2.08. The molecule has 148 valence electrons. The van der Waals surface area contributed by atoms with Crippen LogP contribution in [0, 0.1) is 0 Å². The standard InChI is InChI=1S/C18H24F3N5O/c1-17(2,3)26-16(22-23-24-26)15(25-9-7-14(27)8-10-25)12-5-4-6-13(11-12)18(19,20)21/h4-6,11,14-15,27H,7-10H2,1-3H3/p+1/t15-/m1/s1. The largest absolute Gasteiger partial charge is 0.416 e. The molecule has 1 fully saturated rings. The van der Waals surface area contributed by atoms with Gasteiger partial charge in [-0.15, -0.1) is 5.10 Å². The van der Waals surface area contributed by atoms with Crippen LogP contribution in [0.2, 0.25) is 0 Å². The molecule has 3 rings (SSSR count). The Morgan fingerprint density at radius 2 is 1.85 bits per heavy atom. The third-order valence-corrected chi connectivity index (χ3v) is 4.94. The first kappa shape index (κ1) is 19.8. The van der Waals surface area contributed by atoms with Crippen molar-refractivity contribution >= 4 is 0 Å². The lowest BCUT2D eigenvalue weighted by Crippen LogP contribution is -3.13. The van der Waals surface area contributed by atoms with Crippen molar-refractivity contribution in [1.82, 2.24) is 20.2 Å². The van der Waals surface area contributed by atoms with Crippen LogP contribution in [0.15, 0.2) is 24.3 Å². The van der Waals surface area contributed by atoms with E-state index in [2.05, 4.69) is 15.5 Å². The van der Waals surface area contributed by atoms with Crippen LogP contribution in [-0.4, -0.2) is 44.5 Å². The summed E-state index contributed by atoms with van der Waals surface area (Å²) in [5, 5.41) is 21.9. The van der Waals surface area contributed by atoms with Crippen molar-refractivity contribution in [1.29, 1.82) is 0 Å². The van der Waals surface area contributed by atoms with E-state index < -0.39 is 23.3 Å². The van der Waals surface area contributed by atoms with Crippen LogP contribution in [0.3, 0.4) is 0 Å². The first-order chi connectivity index (χ1) is 12.6. The fourth-order valence-electron chi connectivity index (χ4n) is 3.58. The zero-order chi connectivity index (χ0) is 19.8. The molecule has 9 heteroatoms. The molecule has 1 saturated heterocycles. The summed E-state index contributed by atoms with van der Waals surface area (Å²) in [6.07, 6.45) is -3.58. The summed E-state index contributed by atoms with van der Waals surface area (Å²) in [6, 6.07) is 4.94. The van der Waals surface area contributed by atoms with Crippen LogP contribution in [0.25, 0.3) is 0 Å². The van der Waals surface area contributed by atoms with Gasteiger partial charge in [0, 0.05) is 18.4 Å². The summed E-state index contributed by atoms with van der Waals surface area (Å²) in [6.45, 7) is 7.13. The molecule has 1 aliphatic rings. The molecule has 1 aromatic carbocycles. The highest BCUT2D eigenvalue weighted by Gasteiger charge is 2.38. The van der Waals surface area contributed by atoms with Crippen LogP contribution in [-0.2, 0) is 11.7 Å². The smallest absolute Gasteiger partial charge is 0.393 e. The van der Waals surface area contributed by atoms with Gasteiger partial charge in [0.1, 0.15) is 0 Å². The molecule has 0 unspecified atom stereocenters. The van der Waals surface area contributed by atoms with Crippen LogP contribution in [0.5, 0.6) is 0 Å². The van der Waals surface area contributed by atoms with Gasteiger partial charge in [-0.3, -0.25) is 0 Å². The van der Waals surface area contributed by atoms with Crippen molar-refractivity contribution in [3.63, 3.8) is 0 Å². The fraction of sp³-hybridized carbons (Fsp3) is 0.611. The van der Waals surface area contributed by atoms with E-state index in [1.54, 1.807) is 10.7 Å². The molecule has 2 heterocycles. The summed E-state index contributed by atoms with van der Waals surface area (Å²) in [4.78, 5) is 1.06. The van der Waals surface area contributed by atoms with Gasteiger partial charge in [-0.1, -0.05) is 12.1 Å². The second-order valence-corrected chi connectivity index (χ2v) is 8.07. The predicted octanol–water partition coefficient (Wildman–Crippen LogP) is 1.58. The summed E-state index contributed by atoms with van der Waals surface area (Å²) >= 11 is 0. The van der Waals surface area contributed by atoms with E-state index >= 15 is 0 Å². The minimum absolute atomic E-state index is 0.366. The first-order valence-electron chi connectivity index (χ1n) is 9.06. The summed E-state index contributed by atoms with van der Waals surface area (Å²) < 4.78 is 41.4. The number of piperidine rings is 1. The van der Waals surface area contributed by atoms with Crippen molar-refractivity contribution in [2.45, 2.75) is 57.5 Å². The summed E-state index contributed by atoms with van der Waals surface area (Å²) in [5.41, 5.74) is -0.569. The topological polar surface area (TPSA) is 68.3 Å². The number of rotatable bonds is 3. The summed E-state index contributed by atoms with van der Waals surface area (Å²) in [5.74, 6) is 0.535. The molecule has 27 heavy (non-hydrogen) atoms. The van der Waals surface area contributed by atoms with Crippen LogP contribution >= 0.6 is 0 Å². The molecule has 0 amide bonds. The third-order valence-electron chi connectivity index (χ3n) is 4.94. The number of hydrogen-bond acceptors (Lipinski definition) is 4. The molecule has 2 N–H and O–H groups in total. The Morgan fingerprint density at radius 1 is 1.19 bits per heavy atom. The number of likely N-dealkylation sites (tertiary alicyclic amines) is 1. The lowest BCUT2D eigenvalue weighted by molar-refractivity contribution is -0.932. The van der Waals surface area contributed by atoms with Crippen LogP contribution in [0.4, 0.5) is 13.2 Å². The normalized spacial score (nSPS) is 22.6. The molecule has 0 spiro atoms. The molecular formula is C18H25F3N5O+. The molecule has 6 nitrogen and oxygen atoms in total. The van der Waals surface area contributed by atoms with Gasteiger partial charge in [0.05, 0.1) is 30.3 Å². The van der Waals surface area contributed by atoms with Crippen LogP contribution < -0.4 is 4.90 Å². The average molecular weight is 384 g/mol. The second-order valence-electron chi connectivity index (χ2n) is 8.07. The highest BCUT2D eigenvalue weighted by atomic mass is 19.4. The van der Waals surface area contributed by atoms with Crippen molar-refractivity contribution in [3.8, 4) is 0 Å². The molecule has 0 aliphatic carbocycles. The van der Waals surface area contributed by atoms with Gasteiger partial charge >= 0.3 is 6.18 Å². The van der Waals surface area contributed by atoms with E-state index in [0.717, 1.165) is 11.0 Å². The maximum Gasteiger partial charge on any atom is 0.416 e. The Hall–Kier alpha value is -2.00. The molecular weight excluding hydrogens is 359 g/mol. The monoisotopic (exact) mass is 384 g/mol. The number of halogens is 3. The molecule has 0 radical (unpaired) electrons.